The Bertz CT molecular complexity index is 530. The van der Waals surface area contributed by atoms with Gasteiger partial charge < -0.3 is 4.74 Å². The highest BCUT2D eigenvalue weighted by Crippen LogP contribution is 2.19. The van der Waals surface area contributed by atoms with Crippen molar-refractivity contribution in [2.24, 2.45) is 0 Å². The van der Waals surface area contributed by atoms with Crippen LogP contribution >= 0.6 is 11.6 Å². The van der Waals surface area contributed by atoms with Gasteiger partial charge in [0, 0.05) is 6.20 Å². The summed E-state index contributed by atoms with van der Waals surface area (Å²) in [7, 11) is -2.24. The summed E-state index contributed by atoms with van der Waals surface area (Å²) < 4.78 is 29.3. The van der Waals surface area contributed by atoms with Crippen molar-refractivity contribution in [3.8, 4) is 0 Å². The van der Waals surface area contributed by atoms with Gasteiger partial charge in [0.1, 0.15) is 5.82 Å². The summed E-state index contributed by atoms with van der Waals surface area (Å²) in [5.41, 5.74) is 0.0537. The number of methoxy groups -OCH3 is 1. The van der Waals surface area contributed by atoms with E-state index in [1.165, 1.54) is 26.3 Å². The van der Waals surface area contributed by atoms with E-state index in [0.29, 0.717) is 0 Å². The first-order valence-corrected chi connectivity index (χ1v) is 6.67. The number of hydrogen-bond donors (Lipinski definition) is 1. The fourth-order valence-corrected chi connectivity index (χ4v) is 1.75. The lowest BCUT2D eigenvalue weighted by molar-refractivity contribution is 0.0601. The molecule has 1 aromatic rings. The summed E-state index contributed by atoms with van der Waals surface area (Å²) in [4.78, 5) is 15.1. The molecule has 0 saturated carbocycles. The van der Waals surface area contributed by atoms with Gasteiger partial charge in [0.2, 0.25) is 10.0 Å². The Morgan fingerprint density at radius 2 is 2.24 bits per heavy atom. The number of aromatic nitrogens is 1. The number of nitrogens with zero attached hydrogens (tertiary/aromatic N) is 1. The number of carbonyl (C=O) groups excluding carboxylic acids is 1. The molecule has 0 unspecified atom stereocenters. The molecule has 0 aromatic carbocycles. The zero-order valence-corrected chi connectivity index (χ0v) is 10.8. The van der Waals surface area contributed by atoms with E-state index in [1.54, 1.807) is 0 Å². The van der Waals surface area contributed by atoms with Crippen molar-refractivity contribution in [1.82, 2.24) is 4.98 Å². The molecule has 0 saturated heterocycles. The van der Waals surface area contributed by atoms with Gasteiger partial charge in [-0.15, -0.1) is 0 Å². The third-order valence-electron chi connectivity index (χ3n) is 1.90. The molecule has 0 radical (unpaired) electrons. The Balaban J connectivity index is 3.09. The van der Waals surface area contributed by atoms with Crippen LogP contribution < -0.4 is 4.72 Å². The van der Waals surface area contributed by atoms with Crippen LogP contribution in [0, 0.1) is 0 Å². The first-order valence-electron chi connectivity index (χ1n) is 4.64. The van der Waals surface area contributed by atoms with Gasteiger partial charge in [-0.25, -0.2) is 18.2 Å². The molecule has 1 heterocycles. The summed E-state index contributed by atoms with van der Waals surface area (Å²) in [6, 6.07) is 1.22. The van der Waals surface area contributed by atoms with Gasteiger partial charge in [-0.3, -0.25) is 4.72 Å². The van der Waals surface area contributed by atoms with Gasteiger partial charge in [0.15, 0.2) is 0 Å². The third-order valence-corrected chi connectivity index (χ3v) is 3.48. The summed E-state index contributed by atoms with van der Waals surface area (Å²) in [5, 5.41) is 0.0938. The minimum Gasteiger partial charge on any atom is -0.465 e. The fraction of sp³-hybridized carbons (Fsp3) is 0.333. The Morgan fingerprint density at radius 1 is 1.59 bits per heavy atom. The topological polar surface area (TPSA) is 85.4 Å². The first kappa shape index (κ1) is 13.7. The van der Waals surface area contributed by atoms with Crippen molar-refractivity contribution in [3.63, 3.8) is 0 Å². The van der Waals surface area contributed by atoms with Crippen molar-refractivity contribution >= 4 is 33.4 Å². The van der Waals surface area contributed by atoms with Crippen molar-refractivity contribution in [3.05, 3.63) is 22.8 Å². The number of hydrogen-bond acceptors (Lipinski definition) is 5. The van der Waals surface area contributed by atoms with Crippen LogP contribution in [0.3, 0.4) is 0 Å². The average molecular weight is 279 g/mol. The van der Waals surface area contributed by atoms with Gasteiger partial charge in [-0.05, 0) is 13.0 Å². The molecule has 0 spiro atoms. The van der Waals surface area contributed by atoms with Crippen LogP contribution in [-0.4, -0.2) is 32.2 Å². The first-order chi connectivity index (χ1) is 7.89. The van der Waals surface area contributed by atoms with Gasteiger partial charge in [-0.1, -0.05) is 11.6 Å². The average Bonchev–Trinajstić information content (AvgIpc) is 2.30. The van der Waals surface area contributed by atoms with E-state index in [4.69, 9.17) is 11.6 Å². The molecule has 0 aliphatic heterocycles. The lowest BCUT2D eigenvalue weighted by Crippen LogP contribution is -2.16. The number of nitrogens with one attached hydrogen (secondary N) is 1. The van der Waals surface area contributed by atoms with Crippen molar-refractivity contribution < 1.29 is 17.9 Å². The van der Waals surface area contributed by atoms with Gasteiger partial charge >= 0.3 is 5.97 Å². The molecule has 1 N–H and O–H groups in total. The van der Waals surface area contributed by atoms with E-state index in [9.17, 15) is 13.2 Å². The molecule has 1 aromatic heterocycles. The second kappa shape index (κ2) is 5.33. The predicted octanol–water partition coefficient (Wildman–Crippen LogP) is 1.28. The SMILES string of the molecule is CCS(=O)(=O)Nc1cc(C(=O)OC)c(Cl)cn1. The molecular formula is C9H11ClN2O4S. The number of anilines is 1. The standard InChI is InChI=1S/C9H11ClN2O4S/c1-3-17(14,15)12-8-4-6(9(13)16-2)7(10)5-11-8/h4-5H,3H2,1-2H3,(H,11,12). The molecule has 0 bridgehead atoms. The number of rotatable bonds is 4. The molecular weight excluding hydrogens is 268 g/mol. The molecule has 17 heavy (non-hydrogen) atoms. The molecule has 94 valence electrons. The second-order valence-corrected chi connectivity index (χ2v) is 5.46. The van der Waals surface area contributed by atoms with Crippen molar-refractivity contribution in [1.29, 1.82) is 0 Å². The number of pyridine rings is 1. The number of esters is 1. The van der Waals surface area contributed by atoms with Crippen LogP contribution in [0.1, 0.15) is 17.3 Å². The molecule has 0 atom stereocenters. The van der Waals surface area contributed by atoms with Crippen LogP contribution in [0.25, 0.3) is 0 Å². The Kier molecular flexibility index (Phi) is 4.30. The summed E-state index contributed by atoms with van der Waals surface area (Å²) >= 11 is 5.73. The lowest BCUT2D eigenvalue weighted by atomic mass is 10.2. The van der Waals surface area contributed by atoms with Gasteiger partial charge in [0.25, 0.3) is 0 Å². The number of halogens is 1. The minimum absolute atomic E-state index is 0.0247. The van der Waals surface area contributed by atoms with Crippen molar-refractivity contribution in [2.75, 3.05) is 17.6 Å². The highest BCUT2D eigenvalue weighted by molar-refractivity contribution is 7.92. The van der Waals surface area contributed by atoms with E-state index in [0.717, 1.165) is 0 Å². The Labute approximate surface area is 104 Å². The number of ether oxygens (including phenoxy) is 1. The van der Waals surface area contributed by atoms with Gasteiger partial charge in [-0.2, -0.15) is 0 Å². The fourth-order valence-electron chi connectivity index (χ4n) is 0.992. The van der Waals surface area contributed by atoms with E-state index < -0.39 is 16.0 Å². The number of carbonyl (C=O) groups is 1. The second-order valence-electron chi connectivity index (χ2n) is 3.05. The van der Waals surface area contributed by atoms with Gasteiger partial charge in [0.05, 0.1) is 23.4 Å². The molecule has 0 amide bonds. The molecule has 1 rings (SSSR count). The van der Waals surface area contributed by atoms with Crippen LogP contribution in [-0.2, 0) is 14.8 Å². The maximum Gasteiger partial charge on any atom is 0.339 e. The van der Waals surface area contributed by atoms with E-state index in [-0.39, 0.29) is 22.2 Å². The highest BCUT2D eigenvalue weighted by Gasteiger charge is 2.14. The Hall–Kier alpha value is -1.34. The van der Waals surface area contributed by atoms with Crippen molar-refractivity contribution in [2.45, 2.75) is 6.92 Å². The van der Waals surface area contributed by atoms with E-state index in [2.05, 4.69) is 14.4 Å². The zero-order valence-electron chi connectivity index (χ0n) is 9.23. The smallest absolute Gasteiger partial charge is 0.339 e. The molecule has 0 fully saturated rings. The monoisotopic (exact) mass is 278 g/mol. The zero-order chi connectivity index (χ0) is 13.1. The van der Waals surface area contributed by atoms with E-state index >= 15 is 0 Å². The largest absolute Gasteiger partial charge is 0.465 e. The summed E-state index contributed by atoms with van der Waals surface area (Å²) in [6.45, 7) is 1.49. The van der Waals surface area contributed by atoms with Crippen LogP contribution in [0.2, 0.25) is 5.02 Å². The molecule has 0 aliphatic rings. The minimum atomic E-state index is -3.44. The number of sulfonamides is 1. The summed E-state index contributed by atoms with van der Waals surface area (Å²) in [5.74, 6) is -0.726. The lowest BCUT2D eigenvalue weighted by Gasteiger charge is -2.07. The highest BCUT2D eigenvalue weighted by atomic mass is 35.5. The van der Waals surface area contributed by atoms with E-state index in [1.807, 2.05) is 0 Å². The summed E-state index contributed by atoms with van der Waals surface area (Å²) in [6.07, 6.45) is 1.18. The maximum atomic E-state index is 11.3. The molecule has 6 nitrogen and oxygen atoms in total. The maximum absolute atomic E-state index is 11.3. The normalized spacial score (nSPS) is 11.0. The molecule has 0 aliphatic carbocycles. The molecule has 8 heteroatoms. The van der Waals surface area contributed by atoms with Crippen LogP contribution in [0.5, 0.6) is 0 Å². The van der Waals surface area contributed by atoms with Crippen LogP contribution in [0.15, 0.2) is 12.3 Å². The predicted molar refractivity (Wildman–Crippen MR) is 63.7 cm³/mol. The quantitative estimate of drug-likeness (QED) is 0.839. The Morgan fingerprint density at radius 3 is 2.76 bits per heavy atom. The third kappa shape index (κ3) is 3.57. The van der Waals surface area contributed by atoms with Crippen LogP contribution in [0.4, 0.5) is 5.82 Å².